The first-order valence-corrected chi connectivity index (χ1v) is 9.22. The molecule has 4 aromatic rings. The summed E-state index contributed by atoms with van der Waals surface area (Å²) in [5, 5.41) is 0.783. The molecule has 0 unspecified atom stereocenters. The van der Waals surface area contributed by atoms with Gasteiger partial charge in [0.2, 0.25) is 0 Å². The van der Waals surface area contributed by atoms with E-state index in [1.165, 1.54) is 0 Å². The fourth-order valence-corrected chi connectivity index (χ4v) is 3.36. The Morgan fingerprint density at radius 1 is 0.643 bits per heavy atom. The molecule has 3 aromatic carbocycles. The van der Waals surface area contributed by atoms with Gasteiger partial charge in [-0.15, -0.1) is 16.4 Å². The number of para-hydroxylation sites is 1. The van der Waals surface area contributed by atoms with Crippen molar-refractivity contribution in [1.82, 2.24) is 9.97 Å². The molecule has 0 spiro atoms. The zero-order valence-electron chi connectivity index (χ0n) is 14.8. The van der Waals surface area contributed by atoms with Gasteiger partial charge in [0.1, 0.15) is 39.2 Å². The summed E-state index contributed by atoms with van der Waals surface area (Å²) in [4.78, 5) is 9.45. The molecule has 0 aliphatic carbocycles. The molecule has 0 atom stereocenters. The lowest BCUT2D eigenvalue weighted by molar-refractivity contribution is 1.23. The van der Waals surface area contributed by atoms with Crippen LogP contribution < -0.4 is 27.3 Å². The summed E-state index contributed by atoms with van der Waals surface area (Å²) in [7, 11) is 30.6. The lowest BCUT2D eigenvalue weighted by atomic mass is 9.60. The number of hydrogen-bond acceptors (Lipinski definition) is 2. The number of rotatable bonds is 2. The fourth-order valence-electron chi connectivity index (χ4n) is 3.10. The molecule has 0 saturated heterocycles. The molecular weight excluding hydrogens is 402 g/mol. The summed E-state index contributed by atoms with van der Waals surface area (Å²) < 4.78 is 0.963. The molecule has 0 aliphatic heterocycles. The Morgan fingerprint density at radius 3 is 1.86 bits per heavy atom. The highest BCUT2D eigenvalue weighted by Crippen LogP contribution is 2.27. The summed E-state index contributed by atoms with van der Waals surface area (Å²) >= 11 is 3.44. The van der Waals surface area contributed by atoms with E-state index >= 15 is 0 Å². The number of benzene rings is 3. The van der Waals surface area contributed by atoms with E-state index in [0.717, 1.165) is 20.9 Å². The average Bonchev–Trinajstić information content (AvgIpc) is 2.71. The third kappa shape index (κ3) is 3.14. The van der Waals surface area contributed by atoms with E-state index in [9.17, 15) is 0 Å². The van der Waals surface area contributed by atoms with Crippen LogP contribution in [0.4, 0.5) is 0 Å². The van der Waals surface area contributed by atoms with Gasteiger partial charge >= 0.3 is 0 Å². The Kier molecular flexibility index (Phi) is 5.01. The molecule has 1 aromatic heterocycles. The van der Waals surface area contributed by atoms with Gasteiger partial charge in [0, 0.05) is 15.4 Å². The van der Waals surface area contributed by atoms with Gasteiger partial charge in [-0.25, -0.2) is 9.97 Å². The molecule has 0 saturated carbocycles. The topological polar surface area (TPSA) is 25.8 Å². The van der Waals surface area contributed by atoms with Crippen LogP contribution in [0.3, 0.4) is 0 Å². The molecule has 8 heteroatoms. The first-order valence-electron chi connectivity index (χ1n) is 8.43. The molecule has 4 rings (SSSR count). The Morgan fingerprint density at radius 2 is 1.21 bits per heavy atom. The van der Waals surface area contributed by atoms with Crippen LogP contribution in [0.5, 0.6) is 0 Å². The van der Waals surface area contributed by atoms with Crippen molar-refractivity contribution < 1.29 is 0 Å². The zero-order valence-corrected chi connectivity index (χ0v) is 16.4. The number of halogens is 1. The fraction of sp³-hybridized carbons (Fsp3) is 0. The minimum Gasteiger partial charge on any atom is -0.228 e. The molecule has 0 bridgehead atoms. The molecule has 0 aliphatic rings. The van der Waals surface area contributed by atoms with Crippen molar-refractivity contribution in [2.24, 2.45) is 0 Å². The minimum atomic E-state index is 0.172. The summed E-state index contributed by atoms with van der Waals surface area (Å²) in [5.74, 6) is 0.536. The highest BCUT2D eigenvalue weighted by atomic mass is 79.9. The van der Waals surface area contributed by atoms with Crippen molar-refractivity contribution in [2.45, 2.75) is 0 Å². The van der Waals surface area contributed by atoms with Crippen LogP contribution in [-0.4, -0.2) is 49.2 Å². The SMILES string of the molecule is [B]c1c([B])c([B])c(-c2nc(-c3ccc(Br)cc3)nc3ccccc23)c([B])c1[B]. The van der Waals surface area contributed by atoms with Gasteiger partial charge in [-0.1, -0.05) is 57.2 Å². The number of fused-ring (bicyclic) bond motifs is 1. The molecule has 0 amide bonds. The molecule has 10 radical (unpaired) electrons. The Labute approximate surface area is 178 Å². The van der Waals surface area contributed by atoms with Crippen molar-refractivity contribution in [1.29, 1.82) is 0 Å². The molecule has 0 fully saturated rings. The third-order valence-electron chi connectivity index (χ3n) is 4.64. The predicted octanol–water partition coefficient (Wildman–Crippen LogP) is -0.305. The quantitative estimate of drug-likeness (QED) is 0.424. The predicted molar refractivity (Wildman–Crippen MR) is 125 cm³/mol. The Balaban J connectivity index is 2.09. The van der Waals surface area contributed by atoms with Crippen molar-refractivity contribution >= 4 is 93.4 Å². The van der Waals surface area contributed by atoms with Crippen molar-refractivity contribution in [3.8, 4) is 22.6 Å². The molecule has 1 heterocycles. The standard InChI is InChI=1S/C20H8B5BrN2/c21-14-13(15(22)17(24)18(25)16(14)23)19-11-3-1-2-4-12(11)27-20(28-19)9-5-7-10(26)8-6-9/h1-8H. The van der Waals surface area contributed by atoms with Crippen LogP contribution in [0.25, 0.3) is 33.5 Å². The maximum atomic E-state index is 6.28. The minimum absolute atomic E-state index is 0.172. The van der Waals surface area contributed by atoms with Gasteiger partial charge in [-0.2, -0.15) is 0 Å². The first kappa shape index (κ1) is 19.1. The van der Waals surface area contributed by atoms with E-state index < -0.39 is 0 Å². The van der Waals surface area contributed by atoms with E-state index in [1.54, 1.807) is 0 Å². The first-order chi connectivity index (χ1) is 13.4. The van der Waals surface area contributed by atoms with Gasteiger partial charge in [-0.05, 0) is 23.8 Å². The van der Waals surface area contributed by atoms with Gasteiger partial charge < -0.3 is 0 Å². The monoisotopic (exact) mass is 410 g/mol. The van der Waals surface area contributed by atoms with Crippen molar-refractivity contribution in [3.63, 3.8) is 0 Å². The molecule has 120 valence electrons. The summed E-state index contributed by atoms with van der Waals surface area (Å²) in [5.41, 5.74) is 3.65. The maximum Gasteiger partial charge on any atom is 0.160 e. The second-order valence-electron chi connectivity index (χ2n) is 6.36. The number of hydrogen-bond donors (Lipinski definition) is 0. The summed E-state index contributed by atoms with van der Waals surface area (Å²) in [6, 6.07) is 15.3. The van der Waals surface area contributed by atoms with Crippen LogP contribution in [-0.2, 0) is 0 Å². The third-order valence-corrected chi connectivity index (χ3v) is 5.17. The van der Waals surface area contributed by atoms with Crippen LogP contribution in [0.2, 0.25) is 0 Å². The molecule has 2 nitrogen and oxygen atoms in total. The van der Waals surface area contributed by atoms with E-state index in [0.29, 0.717) is 17.1 Å². The maximum absolute atomic E-state index is 6.28. The Hall–Kier alpha value is -2.20. The summed E-state index contributed by atoms with van der Waals surface area (Å²) in [6.07, 6.45) is 0. The van der Waals surface area contributed by atoms with Gasteiger partial charge in [-0.3, -0.25) is 0 Å². The zero-order chi connectivity index (χ0) is 20.0. The van der Waals surface area contributed by atoms with Gasteiger partial charge in [0.05, 0.1) is 11.2 Å². The molecule has 28 heavy (non-hydrogen) atoms. The van der Waals surface area contributed by atoms with Gasteiger partial charge in [0.25, 0.3) is 0 Å². The van der Waals surface area contributed by atoms with E-state index in [-0.39, 0.29) is 27.3 Å². The number of aromatic nitrogens is 2. The van der Waals surface area contributed by atoms with E-state index in [4.69, 9.17) is 44.2 Å². The van der Waals surface area contributed by atoms with Crippen LogP contribution in [0, 0.1) is 0 Å². The van der Waals surface area contributed by atoms with Crippen LogP contribution in [0.15, 0.2) is 53.0 Å². The highest BCUT2D eigenvalue weighted by molar-refractivity contribution is 9.10. The van der Waals surface area contributed by atoms with Crippen molar-refractivity contribution in [2.75, 3.05) is 0 Å². The van der Waals surface area contributed by atoms with Crippen molar-refractivity contribution in [3.05, 3.63) is 53.0 Å². The number of nitrogens with zero attached hydrogens (tertiary/aromatic N) is 2. The van der Waals surface area contributed by atoms with Crippen LogP contribution in [0.1, 0.15) is 0 Å². The lowest BCUT2D eigenvalue weighted by Gasteiger charge is -2.22. The largest absolute Gasteiger partial charge is 0.228 e. The smallest absolute Gasteiger partial charge is 0.160 e. The van der Waals surface area contributed by atoms with E-state index in [2.05, 4.69) is 20.9 Å². The van der Waals surface area contributed by atoms with E-state index in [1.807, 2.05) is 48.5 Å². The second kappa shape index (κ2) is 7.33. The van der Waals surface area contributed by atoms with Crippen LogP contribution >= 0.6 is 15.9 Å². The molecular formula is C20H8B5BrN2. The Bertz CT molecular complexity index is 1200. The average molecular weight is 410 g/mol. The molecule has 0 N–H and O–H groups in total. The highest BCUT2D eigenvalue weighted by Gasteiger charge is 2.17. The lowest BCUT2D eigenvalue weighted by Crippen LogP contribution is -2.55. The normalized spacial score (nSPS) is 11.0. The summed E-state index contributed by atoms with van der Waals surface area (Å²) in [6.45, 7) is 0. The second-order valence-corrected chi connectivity index (χ2v) is 7.28. The van der Waals surface area contributed by atoms with Gasteiger partial charge in [0.15, 0.2) is 5.82 Å².